The lowest BCUT2D eigenvalue weighted by Gasteiger charge is -2.35. The lowest BCUT2D eigenvalue weighted by Crippen LogP contribution is -2.47. The second-order valence-corrected chi connectivity index (χ2v) is 7.79. The third-order valence-electron chi connectivity index (χ3n) is 3.67. The molecular formula is C11H15NO3S2. The lowest BCUT2D eigenvalue weighted by molar-refractivity contribution is 0.0770. The molecule has 1 N–H and O–H groups in total. The van der Waals surface area contributed by atoms with Crippen LogP contribution in [-0.4, -0.2) is 36.0 Å². The first-order valence-electron chi connectivity index (χ1n) is 5.84. The van der Waals surface area contributed by atoms with Gasteiger partial charge in [0.15, 0.2) is 0 Å². The standard InChI is InChI=1S/C11H15NO3S2/c13-10-6-8-3-4-9(7-10)12(8)17(14,15)11-2-1-5-16-11/h1-2,5,8-10,13H,3-4,6-7H2. The summed E-state index contributed by atoms with van der Waals surface area (Å²) < 4.78 is 27.0. The highest BCUT2D eigenvalue weighted by molar-refractivity contribution is 7.91. The molecule has 2 fully saturated rings. The van der Waals surface area contributed by atoms with Gasteiger partial charge in [-0.15, -0.1) is 11.3 Å². The van der Waals surface area contributed by atoms with E-state index in [1.165, 1.54) is 11.3 Å². The van der Waals surface area contributed by atoms with Crippen LogP contribution < -0.4 is 0 Å². The molecule has 6 heteroatoms. The summed E-state index contributed by atoms with van der Waals surface area (Å²) >= 11 is 1.26. The van der Waals surface area contributed by atoms with Crippen molar-refractivity contribution in [1.29, 1.82) is 0 Å². The molecule has 2 bridgehead atoms. The normalized spacial score (nSPS) is 34.1. The van der Waals surface area contributed by atoms with E-state index in [4.69, 9.17) is 0 Å². The Morgan fingerprint density at radius 3 is 2.47 bits per heavy atom. The van der Waals surface area contributed by atoms with Gasteiger partial charge in [-0.3, -0.25) is 0 Å². The molecule has 3 rings (SSSR count). The van der Waals surface area contributed by atoms with Gasteiger partial charge >= 0.3 is 0 Å². The van der Waals surface area contributed by atoms with Crippen molar-refractivity contribution >= 4 is 21.4 Å². The number of piperidine rings is 1. The molecule has 2 aliphatic rings. The molecule has 0 radical (unpaired) electrons. The van der Waals surface area contributed by atoms with Crippen molar-refractivity contribution in [1.82, 2.24) is 4.31 Å². The minimum Gasteiger partial charge on any atom is -0.393 e. The molecule has 4 nitrogen and oxygen atoms in total. The fourth-order valence-corrected chi connectivity index (χ4v) is 6.00. The predicted octanol–water partition coefficient (Wildman–Crippen LogP) is 1.42. The van der Waals surface area contributed by atoms with Crippen molar-refractivity contribution in [2.45, 2.75) is 48.1 Å². The van der Waals surface area contributed by atoms with E-state index in [1.807, 2.05) is 0 Å². The maximum absolute atomic E-state index is 12.5. The van der Waals surface area contributed by atoms with Crippen LogP contribution in [0.2, 0.25) is 0 Å². The molecule has 0 amide bonds. The number of thiophene rings is 1. The maximum Gasteiger partial charge on any atom is 0.253 e. The van der Waals surface area contributed by atoms with Crippen LogP contribution in [0, 0.1) is 0 Å². The monoisotopic (exact) mass is 273 g/mol. The molecule has 94 valence electrons. The Labute approximate surface area is 105 Å². The summed E-state index contributed by atoms with van der Waals surface area (Å²) in [4.78, 5) is 0. The smallest absolute Gasteiger partial charge is 0.253 e. The fraction of sp³-hybridized carbons (Fsp3) is 0.636. The van der Waals surface area contributed by atoms with Crippen molar-refractivity contribution in [2.75, 3.05) is 0 Å². The van der Waals surface area contributed by atoms with Gasteiger partial charge in [0.2, 0.25) is 0 Å². The summed E-state index contributed by atoms with van der Waals surface area (Å²) in [5.74, 6) is 0. The first-order valence-corrected chi connectivity index (χ1v) is 8.16. The molecule has 0 saturated carbocycles. The quantitative estimate of drug-likeness (QED) is 0.886. The number of sulfonamides is 1. The second kappa shape index (κ2) is 4.05. The van der Waals surface area contributed by atoms with Crippen LogP contribution in [0.3, 0.4) is 0 Å². The van der Waals surface area contributed by atoms with Crippen LogP contribution >= 0.6 is 11.3 Å². The van der Waals surface area contributed by atoms with E-state index in [1.54, 1.807) is 21.8 Å². The molecule has 2 atom stereocenters. The van der Waals surface area contributed by atoms with Crippen molar-refractivity contribution in [3.8, 4) is 0 Å². The number of hydrogen-bond donors (Lipinski definition) is 1. The van der Waals surface area contributed by atoms with Crippen LogP contribution in [0.1, 0.15) is 25.7 Å². The van der Waals surface area contributed by atoms with E-state index in [0.29, 0.717) is 17.1 Å². The van der Waals surface area contributed by atoms with Crippen molar-refractivity contribution in [2.24, 2.45) is 0 Å². The average Bonchev–Trinajstić information content (AvgIpc) is 2.86. The van der Waals surface area contributed by atoms with Crippen LogP contribution in [0.25, 0.3) is 0 Å². The first kappa shape index (κ1) is 11.6. The Morgan fingerprint density at radius 2 is 1.94 bits per heavy atom. The minimum absolute atomic E-state index is 0.00384. The van der Waals surface area contributed by atoms with Gasteiger partial charge < -0.3 is 5.11 Å². The van der Waals surface area contributed by atoms with E-state index in [-0.39, 0.29) is 18.2 Å². The Bertz CT molecular complexity index is 483. The molecule has 2 aliphatic heterocycles. The van der Waals surface area contributed by atoms with Gasteiger partial charge in [0.25, 0.3) is 10.0 Å². The molecule has 0 aromatic carbocycles. The molecule has 2 unspecified atom stereocenters. The van der Waals surface area contributed by atoms with Gasteiger partial charge in [-0.25, -0.2) is 8.42 Å². The molecule has 17 heavy (non-hydrogen) atoms. The van der Waals surface area contributed by atoms with Gasteiger partial charge in [0.05, 0.1) is 6.10 Å². The Morgan fingerprint density at radius 1 is 1.29 bits per heavy atom. The van der Waals surface area contributed by atoms with E-state index >= 15 is 0 Å². The predicted molar refractivity (Wildman–Crippen MR) is 65.4 cm³/mol. The van der Waals surface area contributed by atoms with Gasteiger partial charge in [-0.05, 0) is 37.1 Å². The number of fused-ring (bicyclic) bond motifs is 2. The SMILES string of the molecule is O=S(=O)(c1cccs1)N1C2CCC1CC(O)C2. The van der Waals surface area contributed by atoms with Crippen LogP contribution in [0.5, 0.6) is 0 Å². The zero-order chi connectivity index (χ0) is 12.0. The number of aliphatic hydroxyl groups excluding tert-OH is 1. The van der Waals surface area contributed by atoms with E-state index in [9.17, 15) is 13.5 Å². The van der Waals surface area contributed by atoms with Crippen LogP contribution in [0.15, 0.2) is 21.7 Å². The third kappa shape index (κ3) is 1.83. The lowest BCUT2D eigenvalue weighted by atomic mass is 10.0. The molecular weight excluding hydrogens is 258 g/mol. The summed E-state index contributed by atoms with van der Waals surface area (Å²) in [6.45, 7) is 0. The molecule has 3 heterocycles. The molecule has 1 aromatic heterocycles. The van der Waals surface area contributed by atoms with Gasteiger partial charge in [0.1, 0.15) is 4.21 Å². The summed E-state index contributed by atoms with van der Waals surface area (Å²) in [6.07, 6.45) is 2.60. The third-order valence-corrected chi connectivity index (χ3v) is 7.05. The van der Waals surface area contributed by atoms with Crippen molar-refractivity contribution < 1.29 is 13.5 Å². The topological polar surface area (TPSA) is 57.6 Å². The Kier molecular flexibility index (Phi) is 2.77. The fourth-order valence-electron chi connectivity index (χ4n) is 3.01. The van der Waals surface area contributed by atoms with Crippen molar-refractivity contribution in [3.05, 3.63) is 17.5 Å². The average molecular weight is 273 g/mol. The van der Waals surface area contributed by atoms with E-state index < -0.39 is 10.0 Å². The first-order chi connectivity index (χ1) is 8.09. The number of nitrogens with zero attached hydrogens (tertiary/aromatic N) is 1. The number of rotatable bonds is 2. The summed E-state index contributed by atoms with van der Waals surface area (Å²) in [5.41, 5.74) is 0. The molecule has 1 aromatic rings. The second-order valence-electron chi connectivity index (χ2n) is 4.78. The summed E-state index contributed by atoms with van der Waals surface area (Å²) in [7, 11) is -3.34. The van der Waals surface area contributed by atoms with Gasteiger partial charge in [-0.2, -0.15) is 4.31 Å². The molecule has 0 aliphatic carbocycles. The number of hydrogen-bond acceptors (Lipinski definition) is 4. The van der Waals surface area contributed by atoms with Crippen molar-refractivity contribution in [3.63, 3.8) is 0 Å². The zero-order valence-electron chi connectivity index (χ0n) is 9.32. The molecule has 0 spiro atoms. The largest absolute Gasteiger partial charge is 0.393 e. The van der Waals surface area contributed by atoms with Crippen LogP contribution in [0.4, 0.5) is 0 Å². The van der Waals surface area contributed by atoms with Gasteiger partial charge in [-0.1, -0.05) is 6.07 Å². The summed E-state index contributed by atoms with van der Waals surface area (Å²) in [5, 5.41) is 11.5. The Balaban J connectivity index is 1.96. The highest BCUT2D eigenvalue weighted by atomic mass is 32.2. The highest BCUT2D eigenvalue weighted by Crippen LogP contribution is 2.40. The van der Waals surface area contributed by atoms with E-state index in [0.717, 1.165) is 12.8 Å². The van der Waals surface area contributed by atoms with Gasteiger partial charge in [0, 0.05) is 12.1 Å². The number of aliphatic hydroxyl groups is 1. The van der Waals surface area contributed by atoms with Crippen LogP contribution in [-0.2, 0) is 10.0 Å². The highest BCUT2D eigenvalue weighted by Gasteiger charge is 2.47. The Hall–Kier alpha value is -0.430. The zero-order valence-corrected chi connectivity index (χ0v) is 11.0. The van der Waals surface area contributed by atoms with E-state index in [2.05, 4.69) is 0 Å². The molecule has 2 saturated heterocycles. The minimum atomic E-state index is -3.34. The summed E-state index contributed by atoms with van der Waals surface area (Å²) in [6, 6.07) is 3.41. The maximum atomic E-state index is 12.5.